The number of carbonyl (C=O) groups is 1. The van der Waals surface area contributed by atoms with Crippen molar-refractivity contribution >= 4 is 11.6 Å². The fourth-order valence-corrected chi connectivity index (χ4v) is 1.46. The molecule has 1 aromatic heterocycles. The van der Waals surface area contributed by atoms with Gasteiger partial charge >= 0.3 is 0 Å². The van der Waals surface area contributed by atoms with Crippen LogP contribution in [0.2, 0.25) is 0 Å². The van der Waals surface area contributed by atoms with Crippen LogP contribution in [0.3, 0.4) is 0 Å². The van der Waals surface area contributed by atoms with Crippen molar-refractivity contribution in [1.82, 2.24) is 9.88 Å². The van der Waals surface area contributed by atoms with Gasteiger partial charge < -0.3 is 15.6 Å². The summed E-state index contributed by atoms with van der Waals surface area (Å²) in [6.45, 7) is 0.644. The highest BCUT2D eigenvalue weighted by Crippen LogP contribution is 2.08. The quantitative estimate of drug-likeness (QED) is 0.576. The molecule has 4 heteroatoms. The fourth-order valence-electron chi connectivity index (χ4n) is 1.46. The van der Waals surface area contributed by atoms with E-state index in [0.29, 0.717) is 17.9 Å². The van der Waals surface area contributed by atoms with Gasteiger partial charge in [-0.2, -0.15) is 0 Å². The van der Waals surface area contributed by atoms with Gasteiger partial charge in [0.05, 0.1) is 5.69 Å². The van der Waals surface area contributed by atoms with Crippen LogP contribution in [0, 0.1) is 12.3 Å². The van der Waals surface area contributed by atoms with Gasteiger partial charge in [-0.15, -0.1) is 12.3 Å². The Balaban J connectivity index is 2.36. The first-order valence-electron chi connectivity index (χ1n) is 5.28. The fraction of sp³-hybridized carbons (Fsp3) is 0.417. The van der Waals surface area contributed by atoms with Gasteiger partial charge in [0.1, 0.15) is 5.69 Å². The first-order chi connectivity index (χ1) is 7.65. The van der Waals surface area contributed by atoms with E-state index >= 15 is 0 Å². The molecule has 4 nitrogen and oxygen atoms in total. The number of amides is 1. The Morgan fingerprint density at radius 1 is 1.62 bits per heavy atom. The molecule has 0 bridgehead atoms. The normalized spacial score (nSPS) is 9.75. The van der Waals surface area contributed by atoms with E-state index in [4.69, 9.17) is 12.2 Å². The average molecular weight is 219 g/mol. The zero-order chi connectivity index (χ0) is 12.0. The van der Waals surface area contributed by atoms with E-state index in [1.54, 1.807) is 23.9 Å². The zero-order valence-corrected chi connectivity index (χ0v) is 9.49. The number of rotatable bonds is 5. The average Bonchev–Trinajstić information content (AvgIpc) is 2.57. The summed E-state index contributed by atoms with van der Waals surface area (Å²) in [6.07, 6.45) is 9.44. The van der Waals surface area contributed by atoms with E-state index in [0.717, 1.165) is 19.3 Å². The van der Waals surface area contributed by atoms with E-state index < -0.39 is 0 Å². The summed E-state index contributed by atoms with van der Waals surface area (Å²) < 4.78 is 1.71. The number of anilines is 1. The lowest BCUT2D eigenvalue weighted by molar-refractivity contribution is 0.0945. The maximum atomic E-state index is 11.7. The van der Waals surface area contributed by atoms with Crippen molar-refractivity contribution in [2.24, 2.45) is 7.05 Å². The van der Waals surface area contributed by atoms with Gasteiger partial charge in [-0.25, -0.2) is 0 Å². The third kappa shape index (κ3) is 3.35. The first kappa shape index (κ1) is 12.2. The second-order valence-electron chi connectivity index (χ2n) is 3.69. The van der Waals surface area contributed by atoms with Crippen LogP contribution >= 0.6 is 0 Å². The number of unbranched alkanes of at least 4 members (excludes halogenated alkanes) is 2. The van der Waals surface area contributed by atoms with Gasteiger partial charge in [0, 0.05) is 26.2 Å². The molecule has 0 atom stereocenters. The molecule has 0 saturated heterocycles. The van der Waals surface area contributed by atoms with Crippen LogP contribution in [0.25, 0.3) is 0 Å². The number of nitrogens with one attached hydrogen (secondary N) is 1. The predicted octanol–water partition coefficient (Wildman–Crippen LogP) is 1.14. The van der Waals surface area contributed by atoms with Crippen LogP contribution < -0.4 is 11.1 Å². The van der Waals surface area contributed by atoms with Gasteiger partial charge in [0.25, 0.3) is 5.91 Å². The lowest BCUT2D eigenvalue weighted by Gasteiger charge is -2.04. The molecule has 0 spiro atoms. The summed E-state index contributed by atoms with van der Waals surface area (Å²) >= 11 is 0. The summed E-state index contributed by atoms with van der Waals surface area (Å²) in [5.41, 5.74) is 6.76. The van der Waals surface area contributed by atoms with Crippen LogP contribution in [-0.4, -0.2) is 17.0 Å². The Hall–Kier alpha value is -1.89. The molecule has 0 unspecified atom stereocenters. The van der Waals surface area contributed by atoms with Crippen LogP contribution in [0.5, 0.6) is 0 Å². The minimum Gasteiger partial charge on any atom is -0.397 e. The summed E-state index contributed by atoms with van der Waals surface area (Å²) in [7, 11) is 1.80. The minimum absolute atomic E-state index is 0.0973. The second kappa shape index (κ2) is 5.86. The van der Waals surface area contributed by atoms with Crippen LogP contribution in [0.4, 0.5) is 5.69 Å². The van der Waals surface area contributed by atoms with Crippen molar-refractivity contribution in [2.75, 3.05) is 12.3 Å². The Morgan fingerprint density at radius 2 is 2.38 bits per heavy atom. The zero-order valence-electron chi connectivity index (χ0n) is 9.49. The summed E-state index contributed by atoms with van der Waals surface area (Å²) in [5, 5.41) is 2.83. The Morgan fingerprint density at radius 3 is 2.94 bits per heavy atom. The molecule has 0 aliphatic rings. The molecule has 1 heterocycles. The number of nitrogens with two attached hydrogens (primary N) is 1. The molecule has 0 saturated carbocycles. The summed E-state index contributed by atoms with van der Waals surface area (Å²) in [5.74, 6) is 2.47. The molecule has 0 fully saturated rings. The molecule has 1 aromatic rings. The Labute approximate surface area is 95.8 Å². The third-order valence-corrected chi connectivity index (χ3v) is 2.29. The lowest BCUT2D eigenvalue weighted by atomic mass is 10.2. The molecule has 3 N–H and O–H groups in total. The van der Waals surface area contributed by atoms with Crippen LogP contribution in [0.1, 0.15) is 29.8 Å². The van der Waals surface area contributed by atoms with E-state index in [2.05, 4.69) is 11.2 Å². The molecule has 0 radical (unpaired) electrons. The van der Waals surface area contributed by atoms with Crippen LogP contribution in [0.15, 0.2) is 12.3 Å². The summed E-state index contributed by atoms with van der Waals surface area (Å²) in [4.78, 5) is 11.7. The molecule has 0 aromatic carbocycles. The highest BCUT2D eigenvalue weighted by molar-refractivity contribution is 5.93. The van der Waals surface area contributed by atoms with E-state index in [1.807, 2.05) is 0 Å². The molecule has 0 aliphatic heterocycles. The van der Waals surface area contributed by atoms with Gasteiger partial charge in [-0.05, 0) is 18.9 Å². The maximum Gasteiger partial charge on any atom is 0.267 e. The Bertz CT molecular complexity index is 401. The lowest BCUT2D eigenvalue weighted by Crippen LogP contribution is -2.26. The molecular weight excluding hydrogens is 202 g/mol. The topological polar surface area (TPSA) is 60.1 Å². The van der Waals surface area contributed by atoms with Crippen molar-refractivity contribution in [1.29, 1.82) is 0 Å². The van der Waals surface area contributed by atoms with Gasteiger partial charge in [-0.3, -0.25) is 4.79 Å². The molecule has 1 amide bonds. The van der Waals surface area contributed by atoms with E-state index in [-0.39, 0.29) is 5.91 Å². The van der Waals surface area contributed by atoms with Gasteiger partial charge in [0.2, 0.25) is 0 Å². The third-order valence-electron chi connectivity index (χ3n) is 2.29. The highest BCUT2D eigenvalue weighted by Gasteiger charge is 2.09. The minimum atomic E-state index is -0.0973. The summed E-state index contributed by atoms with van der Waals surface area (Å²) in [6, 6.07) is 1.66. The van der Waals surface area contributed by atoms with Crippen molar-refractivity contribution in [2.45, 2.75) is 19.3 Å². The standard InChI is InChI=1S/C12H17N3O/c1-3-4-5-6-7-14-12(16)11-8-10(13)9-15(11)2/h1,8-9H,4-7,13H2,2H3,(H,14,16). The molecular formula is C12H17N3O. The molecule has 1 rings (SSSR count). The number of terminal acetylenes is 1. The first-order valence-corrected chi connectivity index (χ1v) is 5.28. The van der Waals surface area contributed by atoms with Crippen molar-refractivity contribution < 1.29 is 4.79 Å². The number of aryl methyl sites for hydroxylation is 1. The van der Waals surface area contributed by atoms with Gasteiger partial charge in [-0.1, -0.05) is 0 Å². The number of hydrogen-bond donors (Lipinski definition) is 2. The highest BCUT2D eigenvalue weighted by atomic mass is 16.1. The largest absolute Gasteiger partial charge is 0.397 e. The van der Waals surface area contributed by atoms with Crippen molar-refractivity contribution in [3.05, 3.63) is 18.0 Å². The molecule has 16 heavy (non-hydrogen) atoms. The number of carbonyl (C=O) groups excluding carboxylic acids is 1. The second-order valence-corrected chi connectivity index (χ2v) is 3.69. The molecule has 86 valence electrons. The SMILES string of the molecule is C#CCCCCNC(=O)c1cc(N)cn1C. The number of aromatic nitrogens is 1. The maximum absolute atomic E-state index is 11.7. The van der Waals surface area contributed by atoms with E-state index in [9.17, 15) is 4.79 Å². The predicted molar refractivity (Wildman–Crippen MR) is 64.8 cm³/mol. The molecule has 0 aliphatic carbocycles. The number of hydrogen-bond acceptors (Lipinski definition) is 2. The van der Waals surface area contributed by atoms with Crippen molar-refractivity contribution in [3.63, 3.8) is 0 Å². The number of nitrogen functional groups attached to an aromatic ring is 1. The van der Waals surface area contributed by atoms with Crippen LogP contribution in [-0.2, 0) is 7.05 Å². The monoisotopic (exact) mass is 219 g/mol. The van der Waals surface area contributed by atoms with Crippen molar-refractivity contribution in [3.8, 4) is 12.3 Å². The smallest absolute Gasteiger partial charge is 0.267 e. The van der Waals surface area contributed by atoms with Gasteiger partial charge in [0.15, 0.2) is 0 Å². The Kier molecular flexibility index (Phi) is 4.46. The van der Waals surface area contributed by atoms with E-state index in [1.165, 1.54) is 0 Å². The number of nitrogens with zero attached hydrogens (tertiary/aromatic N) is 1.